The lowest BCUT2D eigenvalue weighted by molar-refractivity contribution is -0.122. The van der Waals surface area contributed by atoms with Gasteiger partial charge in [0.25, 0.3) is 5.91 Å². The zero-order valence-corrected chi connectivity index (χ0v) is 24.4. The van der Waals surface area contributed by atoms with Crippen LogP contribution in [0.1, 0.15) is 45.4 Å². The van der Waals surface area contributed by atoms with Gasteiger partial charge >= 0.3 is 0 Å². The minimum absolute atomic E-state index is 0.0436. The molecule has 5 aromatic rings. The molecule has 210 valence electrons. The molecule has 2 aliphatic carbocycles. The predicted octanol–water partition coefficient (Wildman–Crippen LogP) is 4.40. The molecule has 1 amide bonds. The molecular weight excluding hydrogens is 570 g/mol. The van der Waals surface area contributed by atoms with E-state index in [-0.39, 0.29) is 29.3 Å². The summed E-state index contributed by atoms with van der Waals surface area (Å²) in [6, 6.07) is 15.2. The van der Waals surface area contributed by atoms with Gasteiger partial charge in [-0.05, 0) is 45.3 Å². The summed E-state index contributed by atoms with van der Waals surface area (Å²) in [6.45, 7) is 4.98. The molecule has 2 unspecified atom stereocenters. The number of hydrogen-bond acceptors (Lipinski definition) is 7. The molecule has 3 heterocycles. The van der Waals surface area contributed by atoms with E-state index in [1.54, 1.807) is 30.7 Å². The number of amides is 1. The average Bonchev–Trinajstić information content (AvgIpc) is 3.63. The molecule has 0 bridgehead atoms. The summed E-state index contributed by atoms with van der Waals surface area (Å²) in [5, 5.41) is 4.86. The van der Waals surface area contributed by atoms with Crippen molar-refractivity contribution in [3.8, 4) is 11.1 Å². The van der Waals surface area contributed by atoms with Crippen LogP contribution in [0.3, 0.4) is 0 Å². The molecule has 2 atom stereocenters. The molecule has 0 spiro atoms. The van der Waals surface area contributed by atoms with Gasteiger partial charge in [0.15, 0.2) is 11.4 Å². The molecule has 10 heteroatoms. The molecule has 1 N–H and O–H groups in total. The van der Waals surface area contributed by atoms with Crippen LogP contribution in [0.5, 0.6) is 0 Å². The number of benzene rings is 2. The molecule has 0 saturated heterocycles. The smallest absolute Gasteiger partial charge is 0.261 e. The number of Topliss-reactive ketones (excluding diaryl/α,β-unsaturated/α-hetero) is 2. The van der Waals surface area contributed by atoms with Gasteiger partial charge in [-0.1, -0.05) is 67.9 Å². The number of nitrogens with one attached hydrogen (secondary N) is 1. The maximum absolute atomic E-state index is 12.4. The molecule has 42 heavy (non-hydrogen) atoms. The van der Waals surface area contributed by atoms with E-state index in [9.17, 15) is 14.4 Å². The highest BCUT2D eigenvalue weighted by Gasteiger charge is 2.27. The third-order valence-electron chi connectivity index (χ3n) is 7.57. The van der Waals surface area contributed by atoms with Gasteiger partial charge in [0, 0.05) is 30.5 Å². The van der Waals surface area contributed by atoms with Gasteiger partial charge in [-0.25, -0.2) is 15.0 Å². The van der Waals surface area contributed by atoms with E-state index in [0.29, 0.717) is 28.0 Å². The fraction of sp³-hybridized carbons (Fsp3) is 0.188. The van der Waals surface area contributed by atoms with E-state index in [4.69, 9.17) is 11.6 Å². The Morgan fingerprint density at radius 2 is 1.81 bits per heavy atom. The van der Waals surface area contributed by atoms with E-state index in [0.717, 1.165) is 38.2 Å². The average molecular weight is 596 g/mol. The van der Waals surface area contributed by atoms with Crippen molar-refractivity contribution in [3.05, 3.63) is 98.2 Å². The second kappa shape index (κ2) is 11.4. The number of aromatic nitrogens is 4. The molecule has 8 nitrogen and oxygen atoms in total. The minimum Gasteiger partial charge on any atom is -0.350 e. The molecule has 0 aliphatic heterocycles. The Morgan fingerprint density at radius 1 is 1.00 bits per heavy atom. The van der Waals surface area contributed by atoms with Crippen molar-refractivity contribution in [1.82, 2.24) is 24.8 Å². The van der Waals surface area contributed by atoms with Crippen molar-refractivity contribution >= 4 is 63.7 Å². The minimum atomic E-state index is -0.123. The molecule has 3 aromatic heterocycles. The van der Waals surface area contributed by atoms with Gasteiger partial charge in [-0.15, -0.1) is 11.3 Å². The number of rotatable bonds is 4. The van der Waals surface area contributed by atoms with Crippen molar-refractivity contribution in [1.29, 1.82) is 0 Å². The van der Waals surface area contributed by atoms with E-state index in [1.165, 1.54) is 17.7 Å². The van der Waals surface area contributed by atoms with Crippen LogP contribution in [0.15, 0.2) is 67.4 Å². The van der Waals surface area contributed by atoms with E-state index >= 15 is 0 Å². The maximum Gasteiger partial charge on any atom is 0.261 e. The first-order valence-electron chi connectivity index (χ1n) is 13.5. The van der Waals surface area contributed by atoms with Gasteiger partial charge in [-0.2, -0.15) is 0 Å². The Morgan fingerprint density at radius 3 is 2.60 bits per heavy atom. The highest BCUT2D eigenvalue weighted by Crippen LogP contribution is 2.27. The SMILES string of the molecule is CC1C=c2c(ccc3c2=CC(=O)c2ccccc2-3)C(C)C1=O.O=C(NCCn1cnc2ncncc21)c1ccc(Cl)s1. The summed E-state index contributed by atoms with van der Waals surface area (Å²) in [7, 11) is 0. The zero-order chi connectivity index (χ0) is 29.4. The van der Waals surface area contributed by atoms with Gasteiger partial charge in [0.05, 0.1) is 21.7 Å². The van der Waals surface area contributed by atoms with Gasteiger partial charge in [0.1, 0.15) is 17.6 Å². The summed E-state index contributed by atoms with van der Waals surface area (Å²) in [5.74, 6) is -0.0460. The van der Waals surface area contributed by atoms with E-state index < -0.39 is 0 Å². The lowest BCUT2D eigenvalue weighted by Crippen LogP contribution is -2.40. The highest BCUT2D eigenvalue weighted by molar-refractivity contribution is 7.18. The number of thiophene rings is 1. The highest BCUT2D eigenvalue weighted by atomic mass is 35.5. The van der Waals surface area contributed by atoms with Crippen LogP contribution in [0.2, 0.25) is 4.34 Å². The Balaban J connectivity index is 0.000000151. The molecule has 0 fully saturated rings. The number of carbonyl (C=O) groups is 3. The fourth-order valence-corrected chi connectivity index (χ4v) is 6.38. The van der Waals surface area contributed by atoms with Crippen LogP contribution in [-0.2, 0) is 11.3 Å². The first kappa shape index (κ1) is 27.7. The van der Waals surface area contributed by atoms with Crippen molar-refractivity contribution < 1.29 is 14.4 Å². The van der Waals surface area contributed by atoms with Crippen molar-refractivity contribution in [2.24, 2.45) is 5.92 Å². The monoisotopic (exact) mass is 595 g/mol. The van der Waals surface area contributed by atoms with Crippen molar-refractivity contribution in [3.63, 3.8) is 0 Å². The number of imidazole rings is 1. The number of hydrogen-bond donors (Lipinski definition) is 1. The van der Waals surface area contributed by atoms with Gasteiger partial charge in [-0.3, -0.25) is 14.4 Å². The van der Waals surface area contributed by atoms with Crippen LogP contribution in [0.4, 0.5) is 0 Å². The zero-order valence-electron chi connectivity index (χ0n) is 22.9. The Hall–Kier alpha value is -4.47. The van der Waals surface area contributed by atoms with Crippen LogP contribution < -0.4 is 15.8 Å². The maximum atomic E-state index is 12.4. The molecule has 0 radical (unpaired) electrons. The number of carbonyl (C=O) groups excluding carboxylic acids is 3. The Bertz CT molecular complexity index is 2000. The molecule has 7 rings (SSSR count). The largest absolute Gasteiger partial charge is 0.350 e. The molecule has 0 saturated carbocycles. The molecule has 2 aromatic carbocycles. The normalized spacial score (nSPS) is 16.7. The van der Waals surface area contributed by atoms with Crippen molar-refractivity contribution in [2.75, 3.05) is 6.54 Å². The Labute approximate surface area is 250 Å². The summed E-state index contributed by atoms with van der Waals surface area (Å²) in [6.07, 6.45) is 8.59. The lowest BCUT2D eigenvalue weighted by atomic mass is 9.79. The van der Waals surface area contributed by atoms with Crippen LogP contribution >= 0.6 is 22.9 Å². The van der Waals surface area contributed by atoms with Crippen molar-refractivity contribution in [2.45, 2.75) is 26.3 Å². The van der Waals surface area contributed by atoms with Gasteiger partial charge in [0.2, 0.25) is 0 Å². The molecule has 2 aliphatic rings. The molecular formula is C32H26ClN5O3S. The first-order chi connectivity index (χ1) is 20.3. The second-order valence-corrected chi connectivity index (χ2v) is 11.9. The van der Waals surface area contributed by atoms with E-state index in [1.807, 2.05) is 60.9 Å². The Kier molecular flexibility index (Phi) is 7.53. The fourth-order valence-electron chi connectivity index (χ4n) is 5.42. The first-order valence-corrected chi connectivity index (χ1v) is 14.7. The predicted molar refractivity (Wildman–Crippen MR) is 164 cm³/mol. The third-order valence-corrected chi connectivity index (χ3v) is 8.80. The standard InChI is InChI=1S/C20H16O2.C12H10ClN5OS/c1-11-9-17-13(12(2)20(11)22)7-8-15-14-5-3-4-6-16(14)19(21)10-18(15)17;13-10-2-1-9(20-10)12(19)15-3-4-18-7-17-11-8(18)5-14-6-16-11/h3-12H,1-2H3;1-2,5-7H,3-4H2,(H,15,19). The number of fused-ring (bicyclic) bond motifs is 6. The summed E-state index contributed by atoms with van der Waals surface area (Å²) in [4.78, 5) is 49.3. The van der Waals surface area contributed by atoms with Crippen LogP contribution in [0.25, 0.3) is 34.4 Å². The van der Waals surface area contributed by atoms with Crippen LogP contribution in [0, 0.1) is 5.92 Å². The summed E-state index contributed by atoms with van der Waals surface area (Å²) >= 11 is 7.06. The number of halogens is 1. The van der Waals surface area contributed by atoms with Crippen LogP contribution in [-0.4, -0.2) is 43.5 Å². The summed E-state index contributed by atoms with van der Waals surface area (Å²) in [5.41, 5.74) is 5.35. The quantitative estimate of drug-likeness (QED) is 0.330. The lowest BCUT2D eigenvalue weighted by Gasteiger charge is -2.23. The third kappa shape index (κ3) is 5.17. The van der Waals surface area contributed by atoms with E-state index in [2.05, 4.69) is 20.3 Å². The number of nitrogens with zero attached hydrogens (tertiary/aromatic N) is 4. The van der Waals surface area contributed by atoms with Gasteiger partial charge < -0.3 is 9.88 Å². The second-order valence-electron chi connectivity index (χ2n) is 10.2. The number of ketones is 2. The summed E-state index contributed by atoms with van der Waals surface area (Å²) < 4.78 is 2.50. The topological polar surface area (TPSA) is 107 Å².